The van der Waals surface area contributed by atoms with E-state index in [0.29, 0.717) is 10.9 Å². The highest BCUT2D eigenvalue weighted by Gasteiger charge is 2.13. The van der Waals surface area contributed by atoms with Crippen molar-refractivity contribution >= 4 is 21.8 Å². The van der Waals surface area contributed by atoms with E-state index in [9.17, 15) is 4.21 Å². The van der Waals surface area contributed by atoms with E-state index in [4.69, 9.17) is 9.15 Å². The van der Waals surface area contributed by atoms with Crippen molar-refractivity contribution < 1.29 is 13.4 Å². The molecule has 0 aliphatic carbocycles. The van der Waals surface area contributed by atoms with Crippen LogP contribution in [0.25, 0.3) is 11.0 Å². The molecular weight excluding hydrogens is 276 g/mol. The fourth-order valence-electron chi connectivity index (χ4n) is 1.94. The minimum absolute atomic E-state index is 0.388. The van der Waals surface area contributed by atoms with Gasteiger partial charge in [-0.25, -0.2) is 4.98 Å². The van der Waals surface area contributed by atoms with Gasteiger partial charge < -0.3 is 14.1 Å². The van der Waals surface area contributed by atoms with E-state index < -0.39 is 10.8 Å². The molecule has 2 heterocycles. The lowest BCUT2D eigenvalue weighted by atomic mass is 10.2. The zero-order chi connectivity index (χ0) is 14.1. The molecule has 1 atom stereocenters. The van der Waals surface area contributed by atoms with E-state index in [1.807, 2.05) is 25.1 Å². The third-order valence-corrected chi connectivity index (χ3v) is 4.33. The minimum Gasteiger partial charge on any atom is -0.497 e. The van der Waals surface area contributed by atoms with Gasteiger partial charge in [-0.1, -0.05) is 0 Å². The van der Waals surface area contributed by atoms with Gasteiger partial charge in [-0.3, -0.25) is 4.21 Å². The summed E-state index contributed by atoms with van der Waals surface area (Å²) in [7, 11) is 0.378. The number of aromatic amines is 1. The number of imidazole rings is 1. The SMILES string of the molecule is COc1ccc2nc(S(=O)Cc3cocc3C)[nH]c2c1. The first kappa shape index (κ1) is 12.9. The molecule has 5 nitrogen and oxygen atoms in total. The molecule has 0 spiro atoms. The number of hydrogen-bond acceptors (Lipinski definition) is 4. The topological polar surface area (TPSA) is 68.1 Å². The third kappa shape index (κ3) is 2.34. The Morgan fingerprint density at radius 2 is 2.25 bits per heavy atom. The summed E-state index contributed by atoms with van der Waals surface area (Å²) >= 11 is 0. The first-order valence-electron chi connectivity index (χ1n) is 6.11. The summed E-state index contributed by atoms with van der Waals surface area (Å²) < 4.78 is 22.6. The zero-order valence-corrected chi connectivity index (χ0v) is 12.0. The number of benzene rings is 1. The van der Waals surface area contributed by atoms with Crippen molar-refractivity contribution in [3.63, 3.8) is 0 Å². The first-order chi connectivity index (χ1) is 9.67. The molecule has 3 rings (SSSR count). The molecule has 0 fully saturated rings. The Kier molecular flexibility index (Phi) is 3.31. The third-order valence-electron chi connectivity index (χ3n) is 3.13. The summed E-state index contributed by atoms with van der Waals surface area (Å²) in [5, 5.41) is 0.467. The van der Waals surface area contributed by atoms with Crippen molar-refractivity contribution in [1.29, 1.82) is 0 Å². The van der Waals surface area contributed by atoms with E-state index in [-0.39, 0.29) is 0 Å². The maximum atomic E-state index is 12.3. The summed E-state index contributed by atoms with van der Waals surface area (Å²) in [5.74, 6) is 1.13. The monoisotopic (exact) mass is 290 g/mol. The number of aryl methyl sites for hydroxylation is 1. The Balaban J connectivity index is 1.90. The van der Waals surface area contributed by atoms with Gasteiger partial charge in [0.05, 0.1) is 47.2 Å². The highest BCUT2D eigenvalue weighted by atomic mass is 32.2. The second-order valence-corrected chi connectivity index (χ2v) is 5.86. The average Bonchev–Trinajstić information content (AvgIpc) is 3.04. The summed E-state index contributed by atoms with van der Waals surface area (Å²) in [6.07, 6.45) is 3.27. The molecule has 0 amide bonds. The molecule has 1 N–H and O–H groups in total. The molecule has 2 aromatic heterocycles. The van der Waals surface area contributed by atoms with Crippen molar-refractivity contribution in [2.24, 2.45) is 0 Å². The van der Waals surface area contributed by atoms with Crippen LogP contribution < -0.4 is 4.74 Å². The van der Waals surface area contributed by atoms with Crippen LogP contribution in [-0.4, -0.2) is 21.3 Å². The Morgan fingerprint density at radius 3 is 2.95 bits per heavy atom. The number of nitrogens with one attached hydrogen (secondary N) is 1. The maximum Gasteiger partial charge on any atom is 0.197 e. The molecule has 0 saturated carbocycles. The number of hydrogen-bond donors (Lipinski definition) is 1. The fraction of sp³-hybridized carbons (Fsp3) is 0.214. The molecule has 104 valence electrons. The molecule has 3 aromatic rings. The average molecular weight is 290 g/mol. The highest BCUT2D eigenvalue weighted by molar-refractivity contribution is 7.84. The first-order valence-corrected chi connectivity index (χ1v) is 7.43. The van der Waals surface area contributed by atoms with Gasteiger partial charge in [0.15, 0.2) is 5.16 Å². The maximum absolute atomic E-state index is 12.3. The molecule has 6 heteroatoms. The quantitative estimate of drug-likeness (QED) is 0.802. The summed E-state index contributed by atoms with van der Waals surface area (Å²) in [4.78, 5) is 7.44. The number of nitrogens with zero attached hydrogens (tertiary/aromatic N) is 1. The number of aromatic nitrogens is 2. The molecule has 1 unspecified atom stereocenters. The molecule has 1 aromatic carbocycles. The lowest BCUT2D eigenvalue weighted by molar-refractivity contribution is 0.415. The van der Waals surface area contributed by atoms with Crippen LogP contribution in [0.4, 0.5) is 0 Å². The molecule has 0 aliphatic heterocycles. The van der Waals surface area contributed by atoms with E-state index in [0.717, 1.165) is 27.9 Å². The van der Waals surface area contributed by atoms with Gasteiger partial charge >= 0.3 is 0 Å². The van der Waals surface area contributed by atoms with Crippen LogP contribution in [0.2, 0.25) is 0 Å². The van der Waals surface area contributed by atoms with Crippen molar-refractivity contribution in [3.05, 3.63) is 41.9 Å². The molecule has 0 radical (unpaired) electrons. The fourth-order valence-corrected chi connectivity index (χ4v) is 3.08. The van der Waals surface area contributed by atoms with E-state index in [1.54, 1.807) is 19.6 Å². The highest BCUT2D eigenvalue weighted by Crippen LogP contribution is 2.21. The van der Waals surface area contributed by atoms with Gasteiger partial charge in [0.1, 0.15) is 5.75 Å². The second kappa shape index (κ2) is 5.13. The van der Waals surface area contributed by atoms with E-state index >= 15 is 0 Å². The van der Waals surface area contributed by atoms with Gasteiger partial charge in [-0.15, -0.1) is 0 Å². The molecule has 20 heavy (non-hydrogen) atoms. The number of fused-ring (bicyclic) bond motifs is 1. The number of furan rings is 1. The minimum atomic E-state index is -1.23. The lowest BCUT2D eigenvalue weighted by Crippen LogP contribution is -1.98. The summed E-state index contributed by atoms with van der Waals surface area (Å²) in [5.41, 5.74) is 3.52. The number of ether oxygens (including phenoxy) is 1. The van der Waals surface area contributed by atoms with Crippen LogP contribution in [0, 0.1) is 6.92 Å². The van der Waals surface area contributed by atoms with Gasteiger partial charge in [0, 0.05) is 11.6 Å². The van der Waals surface area contributed by atoms with Crippen molar-refractivity contribution in [2.45, 2.75) is 17.8 Å². The summed E-state index contributed by atoms with van der Waals surface area (Å²) in [6, 6.07) is 5.51. The standard InChI is InChI=1S/C14H14N2O3S/c1-9-6-19-7-10(9)8-20(17)14-15-12-4-3-11(18-2)5-13(12)16-14/h3-7H,8H2,1-2H3,(H,15,16). The molecule has 0 aliphatic rings. The Bertz CT molecular complexity index is 776. The van der Waals surface area contributed by atoms with Crippen LogP contribution in [0.1, 0.15) is 11.1 Å². The zero-order valence-electron chi connectivity index (χ0n) is 11.2. The predicted molar refractivity (Wildman–Crippen MR) is 76.2 cm³/mol. The smallest absolute Gasteiger partial charge is 0.197 e. The Labute approximate surface area is 118 Å². The van der Waals surface area contributed by atoms with Crippen LogP contribution >= 0.6 is 0 Å². The Morgan fingerprint density at radius 1 is 1.40 bits per heavy atom. The lowest BCUT2D eigenvalue weighted by Gasteiger charge is -1.97. The van der Waals surface area contributed by atoms with Gasteiger partial charge in [-0.2, -0.15) is 0 Å². The second-order valence-electron chi connectivity index (χ2n) is 4.49. The Hall–Kier alpha value is -2.08. The normalized spacial score (nSPS) is 12.7. The molecular formula is C14H14N2O3S. The van der Waals surface area contributed by atoms with Crippen molar-refractivity contribution in [2.75, 3.05) is 7.11 Å². The van der Waals surface area contributed by atoms with Gasteiger partial charge in [0.2, 0.25) is 0 Å². The number of rotatable bonds is 4. The van der Waals surface area contributed by atoms with Gasteiger partial charge in [-0.05, 0) is 24.6 Å². The van der Waals surface area contributed by atoms with E-state index in [1.165, 1.54) is 0 Å². The van der Waals surface area contributed by atoms with Crippen molar-refractivity contribution in [3.8, 4) is 5.75 Å². The molecule has 0 saturated heterocycles. The molecule has 0 bridgehead atoms. The number of methoxy groups -OCH3 is 1. The van der Waals surface area contributed by atoms with Crippen LogP contribution in [0.5, 0.6) is 5.75 Å². The van der Waals surface area contributed by atoms with Crippen LogP contribution in [0.15, 0.2) is 40.3 Å². The summed E-state index contributed by atoms with van der Waals surface area (Å²) in [6.45, 7) is 1.93. The number of H-pyrrole nitrogens is 1. The predicted octanol–water partition coefficient (Wildman–Crippen LogP) is 2.78. The van der Waals surface area contributed by atoms with E-state index in [2.05, 4.69) is 9.97 Å². The van der Waals surface area contributed by atoms with Crippen LogP contribution in [0.3, 0.4) is 0 Å². The van der Waals surface area contributed by atoms with Gasteiger partial charge in [0.25, 0.3) is 0 Å². The van der Waals surface area contributed by atoms with Crippen molar-refractivity contribution in [1.82, 2.24) is 9.97 Å². The van der Waals surface area contributed by atoms with Crippen LogP contribution in [-0.2, 0) is 16.6 Å². The largest absolute Gasteiger partial charge is 0.497 e.